The number of hydrogen-bond acceptors (Lipinski definition) is 2. The molecule has 1 aromatic rings. The Morgan fingerprint density at radius 3 is 2.43 bits per heavy atom. The van der Waals surface area contributed by atoms with Gasteiger partial charge in [-0.25, -0.2) is 0 Å². The molecule has 2 atom stereocenters. The first-order chi connectivity index (χ1) is 10.8. The lowest BCUT2D eigenvalue weighted by atomic mass is 10.0. The molecule has 0 aromatic heterocycles. The van der Waals surface area contributed by atoms with Crippen molar-refractivity contribution in [1.29, 1.82) is 0 Å². The standard InChI is InChI=1S/C16H16F3NO3/c17-16(18,19)13-4-2-1-3-10(13)11-7-12(11)15(23)20(8-14(21)22)9-5-6-9/h1-4,9,11-12H,5-8H2,(H,21,22). The molecule has 0 radical (unpaired) electrons. The maximum atomic E-state index is 13.1. The van der Waals surface area contributed by atoms with E-state index >= 15 is 0 Å². The van der Waals surface area contributed by atoms with Gasteiger partial charge < -0.3 is 10.0 Å². The van der Waals surface area contributed by atoms with Crippen LogP contribution >= 0.6 is 0 Å². The van der Waals surface area contributed by atoms with Gasteiger partial charge in [-0.05, 0) is 36.8 Å². The van der Waals surface area contributed by atoms with E-state index in [0.29, 0.717) is 6.42 Å². The minimum atomic E-state index is -4.45. The third-order valence-electron chi connectivity index (χ3n) is 4.35. The Bertz CT molecular complexity index is 640. The highest BCUT2D eigenvalue weighted by atomic mass is 19.4. The molecule has 2 unspecified atom stereocenters. The van der Waals surface area contributed by atoms with Crippen molar-refractivity contribution in [2.24, 2.45) is 5.92 Å². The van der Waals surface area contributed by atoms with E-state index < -0.39 is 29.5 Å². The summed E-state index contributed by atoms with van der Waals surface area (Å²) in [4.78, 5) is 24.6. The van der Waals surface area contributed by atoms with Gasteiger partial charge in [-0.2, -0.15) is 13.2 Å². The van der Waals surface area contributed by atoms with Crippen LogP contribution in [0.1, 0.15) is 36.3 Å². The average molecular weight is 327 g/mol. The fraction of sp³-hybridized carbons (Fsp3) is 0.500. The summed E-state index contributed by atoms with van der Waals surface area (Å²) < 4.78 is 39.2. The predicted octanol–water partition coefficient (Wildman–Crippen LogP) is 2.88. The van der Waals surface area contributed by atoms with E-state index in [1.165, 1.54) is 23.1 Å². The molecule has 2 fully saturated rings. The number of aliphatic carboxylic acids is 1. The van der Waals surface area contributed by atoms with Crippen LogP contribution < -0.4 is 0 Å². The third-order valence-corrected chi connectivity index (χ3v) is 4.35. The van der Waals surface area contributed by atoms with Crippen LogP contribution in [0.25, 0.3) is 0 Å². The van der Waals surface area contributed by atoms with E-state index in [1.54, 1.807) is 0 Å². The summed E-state index contributed by atoms with van der Waals surface area (Å²) in [6.07, 6.45) is -2.59. The molecule has 0 saturated heterocycles. The van der Waals surface area contributed by atoms with Crippen molar-refractivity contribution in [3.05, 3.63) is 35.4 Å². The molecule has 1 aromatic carbocycles. The molecular weight excluding hydrogens is 311 g/mol. The first kappa shape index (κ1) is 15.8. The number of alkyl halides is 3. The second-order valence-electron chi connectivity index (χ2n) is 6.12. The van der Waals surface area contributed by atoms with Gasteiger partial charge in [0.15, 0.2) is 0 Å². The molecule has 0 bridgehead atoms. The van der Waals surface area contributed by atoms with Crippen molar-refractivity contribution in [1.82, 2.24) is 4.90 Å². The lowest BCUT2D eigenvalue weighted by Crippen LogP contribution is -2.38. The number of nitrogens with zero attached hydrogens (tertiary/aromatic N) is 1. The minimum Gasteiger partial charge on any atom is -0.480 e. The van der Waals surface area contributed by atoms with Gasteiger partial charge in [0.05, 0.1) is 5.56 Å². The highest BCUT2D eigenvalue weighted by molar-refractivity contribution is 5.86. The molecule has 0 aliphatic heterocycles. The molecule has 3 rings (SSSR count). The van der Waals surface area contributed by atoms with Crippen molar-refractivity contribution < 1.29 is 27.9 Å². The zero-order valence-corrected chi connectivity index (χ0v) is 12.2. The Hall–Kier alpha value is -2.05. The third kappa shape index (κ3) is 3.33. The second-order valence-corrected chi connectivity index (χ2v) is 6.12. The first-order valence-electron chi connectivity index (χ1n) is 7.47. The second kappa shape index (κ2) is 5.54. The van der Waals surface area contributed by atoms with E-state index in [1.807, 2.05) is 0 Å². The quantitative estimate of drug-likeness (QED) is 0.905. The predicted molar refractivity (Wildman–Crippen MR) is 74.7 cm³/mol. The largest absolute Gasteiger partial charge is 0.480 e. The minimum absolute atomic E-state index is 0.0716. The fourth-order valence-electron chi connectivity index (χ4n) is 3.02. The number of carboxylic acids is 1. The van der Waals surface area contributed by atoms with Gasteiger partial charge in [-0.1, -0.05) is 18.2 Å². The number of carbonyl (C=O) groups is 2. The topological polar surface area (TPSA) is 57.6 Å². The summed E-state index contributed by atoms with van der Waals surface area (Å²) in [5, 5.41) is 8.90. The summed E-state index contributed by atoms with van der Waals surface area (Å²) in [7, 11) is 0. The van der Waals surface area contributed by atoms with Crippen molar-refractivity contribution >= 4 is 11.9 Å². The first-order valence-corrected chi connectivity index (χ1v) is 7.47. The van der Waals surface area contributed by atoms with Gasteiger partial charge in [-0.15, -0.1) is 0 Å². The monoisotopic (exact) mass is 327 g/mol. The molecule has 124 valence electrons. The Labute approximate surface area is 130 Å². The summed E-state index contributed by atoms with van der Waals surface area (Å²) in [6, 6.07) is 5.20. The molecule has 23 heavy (non-hydrogen) atoms. The van der Waals surface area contributed by atoms with E-state index in [9.17, 15) is 22.8 Å². The van der Waals surface area contributed by atoms with Gasteiger partial charge >= 0.3 is 12.1 Å². The van der Waals surface area contributed by atoms with Crippen molar-refractivity contribution in [3.63, 3.8) is 0 Å². The molecule has 1 N–H and O–H groups in total. The molecule has 0 spiro atoms. The smallest absolute Gasteiger partial charge is 0.416 e. The summed E-state index contributed by atoms with van der Waals surface area (Å²) in [5.74, 6) is -2.45. The van der Waals surface area contributed by atoms with Crippen molar-refractivity contribution in [2.45, 2.75) is 37.4 Å². The molecule has 2 aliphatic rings. The van der Waals surface area contributed by atoms with Gasteiger partial charge in [0.25, 0.3) is 0 Å². The molecule has 2 aliphatic carbocycles. The molecule has 2 saturated carbocycles. The van der Waals surface area contributed by atoms with E-state index in [-0.39, 0.29) is 24.1 Å². The molecule has 0 heterocycles. The maximum absolute atomic E-state index is 13.1. The van der Waals surface area contributed by atoms with Crippen LogP contribution in [0.2, 0.25) is 0 Å². The Morgan fingerprint density at radius 1 is 1.22 bits per heavy atom. The molecular formula is C16H16F3NO3. The number of amides is 1. The highest BCUT2D eigenvalue weighted by Crippen LogP contribution is 2.52. The summed E-state index contributed by atoms with van der Waals surface area (Å²) >= 11 is 0. The lowest BCUT2D eigenvalue weighted by molar-refractivity contribution is -0.145. The van der Waals surface area contributed by atoms with Crippen LogP contribution in [0.4, 0.5) is 13.2 Å². The average Bonchev–Trinajstić information content (AvgIpc) is 3.36. The number of benzene rings is 1. The van der Waals surface area contributed by atoms with Crippen molar-refractivity contribution in [2.75, 3.05) is 6.54 Å². The Balaban J connectivity index is 1.77. The van der Waals surface area contributed by atoms with E-state index in [4.69, 9.17) is 5.11 Å². The Kier molecular flexibility index (Phi) is 3.82. The fourth-order valence-corrected chi connectivity index (χ4v) is 3.02. The van der Waals surface area contributed by atoms with Crippen LogP contribution in [0.3, 0.4) is 0 Å². The Morgan fingerprint density at radius 2 is 1.87 bits per heavy atom. The van der Waals surface area contributed by atoms with E-state index in [2.05, 4.69) is 0 Å². The van der Waals surface area contributed by atoms with Crippen LogP contribution in [-0.4, -0.2) is 34.5 Å². The lowest BCUT2D eigenvalue weighted by Gasteiger charge is -2.20. The zero-order chi connectivity index (χ0) is 16.8. The molecule has 1 amide bonds. The van der Waals surface area contributed by atoms with Gasteiger partial charge in [-0.3, -0.25) is 9.59 Å². The van der Waals surface area contributed by atoms with E-state index in [0.717, 1.165) is 18.9 Å². The molecule has 7 heteroatoms. The maximum Gasteiger partial charge on any atom is 0.416 e. The number of carbonyl (C=O) groups excluding carboxylic acids is 1. The summed E-state index contributed by atoms with van der Waals surface area (Å²) in [6.45, 7) is -0.381. The number of halogens is 3. The van der Waals surface area contributed by atoms with Crippen molar-refractivity contribution in [3.8, 4) is 0 Å². The molecule has 4 nitrogen and oxygen atoms in total. The van der Waals surface area contributed by atoms with Crippen LogP contribution in [0.15, 0.2) is 24.3 Å². The zero-order valence-electron chi connectivity index (χ0n) is 12.2. The summed E-state index contributed by atoms with van der Waals surface area (Å²) in [5.41, 5.74) is -0.582. The number of carboxylic acid groups (broad SMARTS) is 1. The highest BCUT2D eigenvalue weighted by Gasteiger charge is 2.51. The SMILES string of the molecule is O=C(O)CN(C(=O)C1CC1c1ccccc1C(F)(F)F)C1CC1. The normalized spacial score (nSPS) is 23.4. The number of hydrogen-bond donors (Lipinski definition) is 1. The van der Waals surface area contributed by atoms with Crippen LogP contribution in [-0.2, 0) is 15.8 Å². The number of rotatable bonds is 5. The van der Waals surface area contributed by atoms with Gasteiger partial charge in [0.1, 0.15) is 6.54 Å². The van der Waals surface area contributed by atoms with Crippen LogP contribution in [0.5, 0.6) is 0 Å². The van der Waals surface area contributed by atoms with Gasteiger partial charge in [0.2, 0.25) is 5.91 Å². The van der Waals surface area contributed by atoms with Crippen LogP contribution in [0, 0.1) is 5.92 Å². The van der Waals surface area contributed by atoms with Gasteiger partial charge in [0, 0.05) is 12.0 Å².